The molecule has 7 nitrogen and oxygen atoms in total. The Morgan fingerprint density at radius 2 is 2.37 bits per heavy atom. The van der Waals surface area contributed by atoms with Crippen LogP contribution in [0.15, 0.2) is 11.4 Å². The summed E-state index contributed by atoms with van der Waals surface area (Å²) in [7, 11) is 0. The number of nitrogens with zero attached hydrogens (tertiary/aromatic N) is 1. The van der Waals surface area contributed by atoms with E-state index in [-0.39, 0.29) is 24.3 Å². The maximum Gasteiger partial charge on any atom is 0.275 e. The zero-order valence-corrected chi connectivity index (χ0v) is 11.1. The molecule has 1 atom stereocenters. The molecular formula is C11H14N4O3S. The predicted octanol–water partition coefficient (Wildman–Crippen LogP) is -0.802. The number of nitrogens with two attached hydrogens (primary N) is 1. The molecule has 1 aromatic heterocycles. The number of amides is 3. The first kappa shape index (κ1) is 13.7. The van der Waals surface area contributed by atoms with Crippen molar-refractivity contribution in [1.29, 1.82) is 0 Å². The van der Waals surface area contributed by atoms with Crippen molar-refractivity contribution in [2.75, 3.05) is 6.54 Å². The third-order valence-corrected chi connectivity index (χ3v) is 3.95. The summed E-state index contributed by atoms with van der Waals surface area (Å²) in [5.41, 5.74) is 2.83. The van der Waals surface area contributed by atoms with E-state index in [0.717, 1.165) is 5.56 Å². The largest absolute Gasteiger partial charge is 0.294 e. The van der Waals surface area contributed by atoms with Crippen LogP contribution >= 0.6 is 11.3 Å². The molecule has 3 amide bonds. The number of carbonyl (C=O) groups is 3. The van der Waals surface area contributed by atoms with Crippen LogP contribution in [0.3, 0.4) is 0 Å². The van der Waals surface area contributed by atoms with Gasteiger partial charge in [0.2, 0.25) is 11.8 Å². The zero-order valence-electron chi connectivity index (χ0n) is 10.3. The minimum Gasteiger partial charge on any atom is -0.294 e. The van der Waals surface area contributed by atoms with Crippen molar-refractivity contribution < 1.29 is 14.4 Å². The molecule has 19 heavy (non-hydrogen) atoms. The minimum absolute atomic E-state index is 0.131. The van der Waals surface area contributed by atoms with Crippen molar-refractivity contribution in [3.63, 3.8) is 0 Å². The van der Waals surface area contributed by atoms with Crippen molar-refractivity contribution in [2.24, 2.45) is 5.84 Å². The molecule has 0 radical (unpaired) electrons. The Bertz CT molecular complexity index is 528. The lowest BCUT2D eigenvalue weighted by Gasteiger charge is -2.31. The number of hydrazine groups is 1. The first-order valence-corrected chi connectivity index (χ1v) is 6.56. The van der Waals surface area contributed by atoms with Gasteiger partial charge in [-0.05, 0) is 23.9 Å². The molecular weight excluding hydrogens is 268 g/mol. The Hall–Kier alpha value is -1.77. The third-order valence-electron chi connectivity index (χ3n) is 2.99. The SMILES string of the molecule is CC1C(=O)NC(=O)CN1Cc1ccsc1C(=O)NN. The zero-order chi connectivity index (χ0) is 14.0. The van der Waals surface area contributed by atoms with E-state index < -0.39 is 6.04 Å². The van der Waals surface area contributed by atoms with Crippen LogP contribution in [-0.4, -0.2) is 35.2 Å². The van der Waals surface area contributed by atoms with Crippen LogP contribution in [-0.2, 0) is 16.1 Å². The van der Waals surface area contributed by atoms with Crippen LogP contribution in [0.5, 0.6) is 0 Å². The summed E-state index contributed by atoms with van der Waals surface area (Å²) >= 11 is 1.27. The minimum atomic E-state index is -0.411. The number of imide groups is 1. The van der Waals surface area contributed by atoms with Gasteiger partial charge in [-0.15, -0.1) is 11.3 Å². The van der Waals surface area contributed by atoms with E-state index in [1.165, 1.54) is 11.3 Å². The summed E-state index contributed by atoms with van der Waals surface area (Å²) < 4.78 is 0. The molecule has 1 aromatic rings. The molecule has 0 saturated carbocycles. The van der Waals surface area contributed by atoms with Gasteiger partial charge in [0.15, 0.2) is 0 Å². The highest BCUT2D eigenvalue weighted by Crippen LogP contribution is 2.20. The van der Waals surface area contributed by atoms with Gasteiger partial charge in [0, 0.05) is 6.54 Å². The fourth-order valence-electron chi connectivity index (χ4n) is 1.91. The smallest absolute Gasteiger partial charge is 0.275 e. The second-order valence-electron chi connectivity index (χ2n) is 4.24. The van der Waals surface area contributed by atoms with Gasteiger partial charge in [-0.25, -0.2) is 5.84 Å². The van der Waals surface area contributed by atoms with Gasteiger partial charge in [-0.3, -0.25) is 30.0 Å². The molecule has 0 spiro atoms. The summed E-state index contributed by atoms with van der Waals surface area (Å²) in [5, 5.41) is 4.05. The van der Waals surface area contributed by atoms with E-state index in [1.807, 2.05) is 0 Å². The molecule has 0 bridgehead atoms. The van der Waals surface area contributed by atoms with Gasteiger partial charge in [0.1, 0.15) is 0 Å². The average molecular weight is 282 g/mol. The average Bonchev–Trinajstić information content (AvgIpc) is 2.82. The molecule has 1 aliphatic rings. The molecule has 1 saturated heterocycles. The molecule has 0 aliphatic carbocycles. The van der Waals surface area contributed by atoms with E-state index >= 15 is 0 Å². The summed E-state index contributed by atoms with van der Waals surface area (Å²) in [6.45, 7) is 2.20. The number of piperazine rings is 1. The van der Waals surface area contributed by atoms with E-state index in [9.17, 15) is 14.4 Å². The van der Waals surface area contributed by atoms with Crippen molar-refractivity contribution in [3.05, 3.63) is 21.9 Å². The second-order valence-corrected chi connectivity index (χ2v) is 5.16. The van der Waals surface area contributed by atoms with Crippen LogP contribution in [0.4, 0.5) is 0 Å². The monoisotopic (exact) mass is 282 g/mol. The molecule has 1 fully saturated rings. The summed E-state index contributed by atoms with van der Waals surface area (Å²) in [6.07, 6.45) is 0. The lowest BCUT2D eigenvalue weighted by Crippen LogP contribution is -2.56. The van der Waals surface area contributed by atoms with E-state index in [1.54, 1.807) is 23.3 Å². The molecule has 2 heterocycles. The lowest BCUT2D eigenvalue weighted by atomic mass is 10.1. The third kappa shape index (κ3) is 2.80. The maximum atomic E-state index is 11.6. The number of rotatable bonds is 3. The van der Waals surface area contributed by atoms with E-state index in [0.29, 0.717) is 11.4 Å². The number of hydrogen-bond donors (Lipinski definition) is 3. The Morgan fingerprint density at radius 3 is 3.05 bits per heavy atom. The highest BCUT2D eigenvalue weighted by Gasteiger charge is 2.30. The first-order chi connectivity index (χ1) is 9.02. The Morgan fingerprint density at radius 1 is 1.63 bits per heavy atom. The summed E-state index contributed by atoms with van der Waals surface area (Å²) in [5.74, 6) is 4.09. The van der Waals surface area contributed by atoms with Gasteiger partial charge in [-0.2, -0.15) is 0 Å². The standard InChI is InChI=1S/C11H14N4O3S/c1-6-10(17)13-8(16)5-15(6)4-7-2-3-19-9(7)11(18)14-12/h2-3,6H,4-5,12H2,1H3,(H,14,18)(H,13,16,17). The van der Waals surface area contributed by atoms with Crippen LogP contribution in [0, 0.1) is 0 Å². The van der Waals surface area contributed by atoms with E-state index in [4.69, 9.17) is 5.84 Å². The van der Waals surface area contributed by atoms with Crippen LogP contribution in [0.1, 0.15) is 22.2 Å². The van der Waals surface area contributed by atoms with Crippen LogP contribution in [0.2, 0.25) is 0 Å². The van der Waals surface area contributed by atoms with Crippen molar-refractivity contribution in [1.82, 2.24) is 15.6 Å². The normalized spacial score (nSPS) is 20.2. The first-order valence-electron chi connectivity index (χ1n) is 5.68. The summed E-state index contributed by atoms with van der Waals surface area (Å²) in [4.78, 5) is 36.7. The van der Waals surface area contributed by atoms with Gasteiger partial charge in [0.05, 0.1) is 17.5 Å². The topological polar surface area (TPSA) is 105 Å². The van der Waals surface area contributed by atoms with E-state index in [2.05, 4.69) is 10.7 Å². The molecule has 1 aliphatic heterocycles. The number of nitrogen functional groups attached to an aromatic ring is 1. The second kappa shape index (κ2) is 5.47. The molecule has 102 valence electrons. The maximum absolute atomic E-state index is 11.6. The lowest BCUT2D eigenvalue weighted by molar-refractivity contribution is -0.139. The van der Waals surface area contributed by atoms with Gasteiger partial charge in [-0.1, -0.05) is 0 Å². The Labute approximate surface area is 113 Å². The van der Waals surface area contributed by atoms with Gasteiger partial charge >= 0.3 is 0 Å². The van der Waals surface area contributed by atoms with Crippen LogP contribution in [0.25, 0.3) is 0 Å². The molecule has 0 aromatic carbocycles. The number of carbonyl (C=O) groups excluding carboxylic acids is 3. The van der Waals surface area contributed by atoms with Crippen molar-refractivity contribution in [3.8, 4) is 0 Å². The molecule has 8 heteroatoms. The molecule has 4 N–H and O–H groups in total. The Balaban J connectivity index is 2.16. The Kier molecular flexibility index (Phi) is 3.93. The van der Waals surface area contributed by atoms with Crippen molar-refractivity contribution in [2.45, 2.75) is 19.5 Å². The van der Waals surface area contributed by atoms with Gasteiger partial charge < -0.3 is 0 Å². The highest BCUT2D eigenvalue weighted by atomic mass is 32.1. The van der Waals surface area contributed by atoms with Crippen LogP contribution < -0.4 is 16.6 Å². The number of nitrogens with one attached hydrogen (secondary N) is 2. The van der Waals surface area contributed by atoms with Gasteiger partial charge in [0.25, 0.3) is 5.91 Å². The molecule has 1 unspecified atom stereocenters. The quantitative estimate of drug-likeness (QED) is 0.291. The fourth-order valence-corrected chi connectivity index (χ4v) is 2.72. The highest BCUT2D eigenvalue weighted by molar-refractivity contribution is 7.12. The summed E-state index contributed by atoms with van der Waals surface area (Å²) in [6, 6.07) is 1.38. The number of thiophene rings is 1. The number of hydrogen-bond acceptors (Lipinski definition) is 6. The fraction of sp³-hybridized carbons (Fsp3) is 0.364. The predicted molar refractivity (Wildman–Crippen MR) is 69.0 cm³/mol. The van der Waals surface area contributed by atoms with Crippen molar-refractivity contribution >= 4 is 29.1 Å². The molecule has 2 rings (SSSR count).